The van der Waals surface area contributed by atoms with E-state index in [9.17, 15) is 0 Å². The van der Waals surface area contributed by atoms with Gasteiger partial charge in [-0.25, -0.2) is 15.0 Å². The lowest BCUT2D eigenvalue weighted by Crippen LogP contribution is -2.25. The van der Waals surface area contributed by atoms with Crippen LogP contribution in [0.15, 0.2) is 58.8 Å². The van der Waals surface area contributed by atoms with E-state index in [2.05, 4.69) is 9.98 Å². The number of likely N-dealkylation sites (tertiary alicyclic amines) is 2. The second-order valence-corrected chi connectivity index (χ2v) is 8.53. The molecule has 0 atom stereocenters. The van der Waals surface area contributed by atoms with Crippen LogP contribution in [-0.2, 0) is 0 Å². The summed E-state index contributed by atoms with van der Waals surface area (Å²) >= 11 is 0. The van der Waals surface area contributed by atoms with Gasteiger partial charge in [0.1, 0.15) is 5.65 Å². The summed E-state index contributed by atoms with van der Waals surface area (Å²) in [7, 11) is 0. The molecule has 2 saturated heterocycles. The Morgan fingerprint density at radius 1 is 0.727 bits per heavy atom. The maximum atomic E-state index is 8.11. The first kappa shape index (κ1) is 21.1. The van der Waals surface area contributed by atoms with E-state index < -0.39 is 0 Å². The number of aliphatic imine (C=N–C) groups is 2. The second-order valence-electron chi connectivity index (χ2n) is 8.53. The molecule has 0 amide bonds. The Hall–Kier alpha value is -3.81. The van der Waals surface area contributed by atoms with E-state index in [-0.39, 0.29) is 0 Å². The van der Waals surface area contributed by atoms with Crippen LogP contribution in [0.25, 0.3) is 16.9 Å². The largest absolute Gasteiger partial charge is 0.341 e. The van der Waals surface area contributed by atoms with E-state index in [1.165, 1.54) is 0 Å². The van der Waals surface area contributed by atoms with Gasteiger partial charge in [0.25, 0.3) is 0 Å². The molecule has 2 N–H and O–H groups in total. The first-order valence-electron chi connectivity index (χ1n) is 11.5. The zero-order valence-corrected chi connectivity index (χ0v) is 18.6. The Kier molecular flexibility index (Phi) is 5.97. The molecule has 2 aliphatic rings. The Morgan fingerprint density at radius 2 is 1.27 bits per heavy atom. The summed E-state index contributed by atoms with van der Waals surface area (Å²) in [6, 6.07) is 12.0. The highest BCUT2D eigenvalue weighted by Crippen LogP contribution is 2.20. The Bertz CT molecular complexity index is 1210. The third-order valence-electron chi connectivity index (χ3n) is 6.16. The summed E-state index contributed by atoms with van der Waals surface area (Å²) in [4.78, 5) is 17.4. The zero-order valence-electron chi connectivity index (χ0n) is 18.6. The molecule has 4 heterocycles. The number of aromatic nitrogens is 2. The molecule has 0 saturated carbocycles. The molecular formula is C25H28N8. The number of guanidine groups is 2. The van der Waals surface area contributed by atoms with E-state index in [1.807, 2.05) is 63.0 Å². The van der Waals surface area contributed by atoms with Gasteiger partial charge >= 0.3 is 0 Å². The Labute approximate surface area is 193 Å². The molecule has 0 bridgehead atoms. The maximum absolute atomic E-state index is 8.11. The summed E-state index contributed by atoms with van der Waals surface area (Å²) in [5.41, 5.74) is 4.67. The van der Waals surface area contributed by atoms with Crippen molar-refractivity contribution in [2.45, 2.75) is 25.7 Å². The lowest BCUT2D eigenvalue weighted by Gasteiger charge is -2.13. The third kappa shape index (κ3) is 4.84. The van der Waals surface area contributed by atoms with Gasteiger partial charge in [0.15, 0.2) is 0 Å². The van der Waals surface area contributed by atoms with E-state index in [4.69, 9.17) is 15.8 Å². The molecular weight excluding hydrogens is 412 g/mol. The van der Waals surface area contributed by atoms with Crippen LogP contribution in [-0.4, -0.2) is 69.7 Å². The van der Waals surface area contributed by atoms with Gasteiger partial charge in [0, 0.05) is 62.1 Å². The Morgan fingerprint density at radius 3 is 1.88 bits per heavy atom. The van der Waals surface area contributed by atoms with Crippen molar-refractivity contribution < 1.29 is 0 Å². The van der Waals surface area contributed by atoms with E-state index in [0.29, 0.717) is 11.9 Å². The normalized spacial score (nSPS) is 16.6. The molecule has 1 aromatic carbocycles. The zero-order chi connectivity index (χ0) is 22.6. The lowest BCUT2D eigenvalue weighted by atomic mass is 10.1. The summed E-state index contributed by atoms with van der Waals surface area (Å²) in [5.74, 6) is 0.671. The number of hydrogen-bond donors (Lipinski definition) is 2. The number of benzene rings is 1. The summed E-state index contributed by atoms with van der Waals surface area (Å²) in [6.45, 7) is 3.70. The number of imidazole rings is 1. The first-order chi connectivity index (χ1) is 16.2. The lowest BCUT2D eigenvalue weighted by molar-refractivity contribution is 0.510. The molecule has 8 heteroatoms. The molecule has 3 aromatic rings. The molecule has 33 heavy (non-hydrogen) atoms. The van der Waals surface area contributed by atoms with Crippen molar-refractivity contribution in [1.29, 1.82) is 10.8 Å². The molecule has 2 fully saturated rings. The minimum atomic E-state index is 0.332. The summed E-state index contributed by atoms with van der Waals surface area (Å²) in [5, 5.41) is 16.2. The molecule has 5 rings (SSSR count). The number of rotatable bonds is 3. The molecule has 8 nitrogen and oxygen atoms in total. The monoisotopic (exact) mass is 440 g/mol. The van der Waals surface area contributed by atoms with Crippen molar-refractivity contribution >= 4 is 30.0 Å². The molecule has 0 radical (unpaired) electrons. The SMILES string of the molecule is N=C(/N=C/c1ccc(-c2cn3cc(/C=N/C(=N)N4CCCC4)ccc3n2)cc1)N1CCCC1. The average molecular weight is 441 g/mol. The van der Waals surface area contributed by atoms with Crippen LogP contribution < -0.4 is 0 Å². The van der Waals surface area contributed by atoms with Crippen LogP contribution in [0.1, 0.15) is 36.8 Å². The minimum Gasteiger partial charge on any atom is -0.341 e. The number of hydrogen-bond acceptors (Lipinski definition) is 3. The van der Waals surface area contributed by atoms with Gasteiger partial charge in [-0.1, -0.05) is 24.3 Å². The smallest absolute Gasteiger partial charge is 0.217 e. The van der Waals surface area contributed by atoms with Crippen molar-refractivity contribution in [3.05, 3.63) is 59.9 Å². The van der Waals surface area contributed by atoms with E-state index >= 15 is 0 Å². The number of pyridine rings is 1. The number of fused-ring (bicyclic) bond motifs is 1. The van der Waals surface area contributed by atoms with Gasteiger partial charge in [-0.05, 0) is 43.4 Å². The fourth-order valence-corrected chi connectivity index (χ4v) is 4.26. The molecule has 0 aliphatic carbocycles. The first-order valence-corrected chi connectivity index (χ1v) is 11.5. The highest BCUT2D eigenvalue weighted by Gasteiger charge is 2.14. The van der Waals surface area contributed by atoms with Crippen molar-refractivity contribution in [3.63, 3.8) is 0 Å². The third-order valence-corrected chi connectivity index (χ3v) is 6.16. The van der Waals surface area contributed by atoms with Gasteiger partial charge in [-0.3, -0.25) is 10.8 Å². The standard InChI is InChI=1S/C25H28N8/c26-24(31-11-1-2-12-31)28-15-19-5-8-21(9-6-19)22-18-33-17-20(7-10-23(33)30-22)16-29-25(27)32-13-3-4-14-32/h5-10,15-18,26-27H,1-4,11-14H2/b26-24?,27-25?,28-15+,29-16+. The molecule has 168 valence electrons. The van der Waals surface area contributed by atoms with Gasteiger partial charge in [0.05, 0.1) is 5.69 Å². The quantitative estimate of drug-likeness (QED) is 0.477. The Balaban J connectivity index is 1.27. The second kappa shape index (κ2) is 9.36. The highest BCUT2D eigenvalue weighted by atomic mass is 15.3. The molecule has 2 aliphatic heterocycles. The average Bonchev–Trinajstić information content (AvgIpc) is 3.62. The van der Waals surface area contributed by atoms with Crippen LogP contribution in [0.4, 0.5) is 0 Å². The number of nitrogens with one attached hydrogen (secondary N) is 2. The predicted octanol–water partition coefficient (Wildman–Crippen LogP) is 3.90. The van der Waals surface area contributed by atoms with Gasteiger partial charge in [0.2, 0.25) is 11.9 Å². The van der Waals surface area contributed by atoms with Gasteiger partial charge in [-0.2, -0.15) is 0 Å². The highest BCUT2D eigenvalue weighted by molar-refractivity contribution is 5.93. The van der Waals surface area contributed by atoms with Crippen LogP contribution in [0.3, 0.4) is 0 Å². The van der Waals surface area contributed by atoms with Crippen molar-refractivity contribution in [3.8, 4) is 11.3 Å². The fourth-order valence-electron chi connectivity index (χ4n) is 4.26. The summed E-state index contributed by atoms with van der Waals surface area (Å²) in [6.07, 6.45) is 12.0. The van der Waals surface area contributed by atoms with Gasteiger partial charge < -0.3 is 14.2 Å². The minimum absolute atomic E-state index is 0.332. The van der Waals surface area contributed by atoms with Crippen LogP contribution >= 0.6 is 0 Å². The van der Waals surface area contributed by atoms with E-state index in [0.717, 1.165) is 79.9 Å². The molecule has 0 unspecified atom stereocenters. The fraction of sp³-hybridized carbons (Fsp3) is 0.320. The van der Waals surface area contributed by atoms with Crippen molar-refractivity contribution in [2.24, 2.45) is 9.98 Å². The maximum Gasteiger partial charge on any atom is 0.217 e. The van der Waals surface area contributed by atoms with Crippen LogP contribution in [0.5, 0.6) is 0 Å². The molecule has 0 spiro atoms. The van der Waals surface area contributed by atoms with E-state index in [1.54, 1.807) is 12.4 Å². The topological polar surface area (TPSA) is 96.2 Å². The van der Waals surface area contributed by atoms with Crippen LogP contribution in [0, 0.1) is 10.8 Å². The van der Waals surface area contributed by atoms with Gasteiger partial charge in [-0.15, -0.1) is 0 Å². The van der Waals surface area contributed by atoms with Crippen molar-refractivity contribution in [1.82, 2.24) is 19.2 Å². The molecule has 2 aromatic heterocycles. The predicted molar refractivity (Wildman–Crippen MR) is 133 cm³/mol. The summed E-state index contributed by atoms with van der Waals surface area (Å²) < 4.78 is 1.99. The van der Waals surface area contributed by atoms with Crippen LogP contribution in [0.2, 0.25) is 0 Å². The number of nitrogens with zero attached hydrogens (tertiary/aromatic N) is 6. The van der Waals surface area contributed by atoms with Crippen molar-refractivity contribution in [2.75, 3.05) is 26.2 Å².